The van der Waals surface area contributed by atoms with Gasteiger partial charge in [-0.1, -0.05) is 20.3 Å². The lowest BCUT2D eigenvalue weighted by Crippen LogP contribution is -2.46. The normalized spacial score (nSPS) is 33.0. The molecule has 0 radical (unpaired) electrons. The summed E-state index contributed by atoms with van der Waals surface area (Å²) in [6.07, 6.45) is 2.75. The maximum Gasteiger partial charge on any atom is 0.0672 e. The van der Waals surface area contributed by atoms with E-state index in [0.29, 0.717) is 24.5 Å². The molecule has 11 heavy (non-hydrogen) atoms. The molecule has 1 aliphatic rings. The van der Waals surface area contributed by atoms with Crippen LogP contribution >= 0.6 is 0 Å². The summed E-state index contributed by atoms with van der Waals surface area (Å²) in [7, 11) is 0. The number of hydrogen-bond donors (Lipinski definition) is 1. The third-order valence-corrected chi connectivity index (χ3v) is 2.51. The number of aliphatic hydroxyl groups is 1. The number of hydrogen-bond acceptors (Lipinski definition) is 2. The first kappa shape index (κ1) is 9.01. The van der Waals surface area contributed by atoms with Crippen molar-refractivity contribution in [3.63, 3.8) is 0 Å². The molecule has 1 fully saturated rings. The molecule has 1 N–H and O–H groups in total. The van der Waals surface area contributed by atoms with E-state index >= 15 is 0 Å². The standard InChI is InChI=1S/C9H18O2/c1-3-4-7(2)9-8(5-10)6-11-9/h7-10H,3-6H2,1-2H3. The highest BCUT2D eigenvalue weighted by Gasteiger charge is 2.34. The summed E-state index contributed by atoms with van der Waals surface area (Å²) >= 11 is 0. The molecule has 66 valence electrons. The van der Waals surface area contributed by atoms with Crippen LogP contribution in [0.15, 0.2) is 0 Å². The molecule has 0 aliphatic carbocycles. The van der Waals surface area contributed by atoms with Gasteiger partial charge in [0, 0.05) is 5.92 Å². The molecule has 3 atom stereocenters. The summed E-state index contributed by atoms with van der Waals surface area (Å²) in [6.45, 7) is 5.44. The topological polar surface area (TPSA) is 29.5 Å². The van der Waals surface area contributed by atoms with E-state index in [4.69, 9.17) is 9.84 Å². The van der Waals surface area contributed by atoms with Gasteiger partial charge in [-0.05, 0) is 12.3 Å². The molecule has 0 spiro atoms. The molecule has 1 saturated heterocycles. The van der Waals surface area contributed by atoms with E-state index in [1.807, 2.05) is 0 Å². The second-order valence-corrected chi connectivity index (χ2v) is 3.51. The molecule has 0 amide bonds. The maximum absolute atomic E-state index is 8.89. The van der Waals surface area contributed by atoms with Crippen LogP contribution in [0.1, 0.15) is 26.7 Å². The van der Waals surface area contributed by atoms with Crippen LogP contribution in [-0.2, 0) is 4.74 Å². The van der Waals surface area contributed by atoms with Crippen molar-refractivity contribution in [1.29, 1.82) is 0 Å². The third-order valence-electron chi connectivity index (χ3n) is 2.51. The summed E-state index contributed by atoms with van der Waals surface area (Å²) in [5.41, 5.74) is 0. The lowest BCUT2D eigenvalue weighted by atomic mass is 9.86. The van der Waals surface area contributed by atoms with Gasteiger partial charge in [0.05, 0.1) is 19.3 Å². The van der Waals surface area contributed by atoms with Crippen LogP contribution in [0.2, 0.25) is 0 Å². The SMILES string of the molecule is CCCC(C)C1OCC1CO. The van der Waals surface area contributed by atoms with Crippen LogP contribution in [0.25, 0.3) is 0 Å². The second-order valence-electron chi connectivity index (χ2n) is 3.51. The van der Waals surface area contributed by atoms with Gasteiger partial charge in [0.1, 0.15) is 0 Å². The molecule has 1 heterocycles. The van der Waals surface area contributed by atoms with Crippen molar-refractivity contribution < 1.29 is 9.84 Å². The monoisotopic (exact) mass is 158 g/mol. The Hall–Kier alpha value is -0.0800. The zero-order valence-corrected chi connectivity index (χ0v) is 7.42. The van der Waals surface area contributed by atoms with Crippen LogP contribution in [0.4, 0.5) is 0 Å². The zero-order chi connectivity index (χ0) is 8.27. The molecule has 0 saturated carbocycles. The fourth-order valence-corrected chi connectivity index (χ4v) is 1.75. The van der Waals surface area contributed by atoms with Crippen molar-refractivity contribution in [2.75, 3.05) is 13.2 Å². The van der Waals surface area contributed by atoms with Gasteiger partial charge in [-0.2, -0.15) is 0 Å². The lowest BCUT2D eigenvalue weighted by molar-refractivity contribution is -0.155. The van der Waals surface area contributed by atoms with E-state index in [-0.39, 0.29) is 0 Å². The van der Waals surface area contributed by atoms with Crippen molar-refractivity contribution >= 4 is 0 Å². The molecule has 3 unspecified atom stereocenters. The highest BCUT2D eigenvalue weighted by molar-refractivity contribution is 4.82. The molecule has 2 nitrogen and oxygen atoms in total. The first-order valence-corrected chi connectivity index (χ1v) is 4.52. The van der Waals surface area contributed by atoms with Gasteiger partial charge in [-0.25, -0.2) is 0 Å². The molecule has 0 aromatic heterocycles. The lowest BCUT2D eigenvalue weighted by Gasteiger charge is -2.39. The van der Waals surface area contributed by atoms with Crippen molar-refractivity contribution in [2.45, 2.75) is 32.8 Å². The summed E-state index contributed by atoms with van der Waals surface area (Å²) < 4.78 is 5.39. The number of rotatable bonds is 4. The number of aliphatic hydroxyl groups excluding tert-OH is 1. The van der Waals surface area contributed by atoms with E-state index in [1.54, 1.807) is 0 Å². The molecule has 0 bridgehead atoms. The summed E-state index contributed by atoms with van der Waals surface area (Å²) in [5.74, 6) is 1.03. The van der Waals surface area contributed by atoms with Gasteiger partial charge >= 0.3 is 0 Å². The van der Waals surface area contributed by atoms with Crippen molar-refractivity contribution in [1.82, 2.24) is 0 Å². The Kier molecular flexibility index (Phi) is 3.34. The van der Waals surface area contributed by atoms with Gasteiger partial charge < -0.3 is 9.84 Å². The Bertz CT molecular complexity index is 112. The summed E-state index contributed by atoms with van der Waals surface area (Å²) in [6, 6.07) is 0. The van der Waals surface area contributed by atoms with E-state index in [1.165, 1.54) is 12.8 Å². The average Bonchev–Trinajstić information content (AvgIpc) is 1.86. The molecule has 2 heteroatoms. The van der Waals surface area contributed by atoms with Crippen LogP contribution < -0.4 is 0 Å². The summed E-state index contributed by atoms with van der Waals surface area (Å²) in [4.78, 5) is 0. The molecular weight excluding hydrogens is 140 g/mol. The van der Waals surface area contributed by atoms with Gasteiger partial charge in [0.2, 0.25) is 0 Å². The summed E-state index contributed by atoms with van der Waals surface area (Å²) in [5, 5.41) is 8.89. The first-order valence-electron chi connectivity index (χ1n) is 4.52. The van der Waals surface area contributed by atoms with Gasteiger partial charge in [0.15, 0.2) is 0 Å². The van der Waals surface area contributed by atoms with Crippen molar-refractivity contribution in [3.05, 3.63) is 0 Å². The zero-order valence-electron chi connectivity index (χ0n) is 7.42. The van der Waals surface area contributed by atoms with Crippen LogP contribution in [-0.4, -0.2) is 24.4 Å². The van der Waals surface area contributed by atoms with E-state index in [9.17, 15) is 0 Å². The Labute approximate surface area is 68.6 Å². The second kappa shape index (κ2) is 4.07. The predicted octanol–water partition coefficient (Wildman–Crippen LogP) is 1.43. The first-order chi connectivity index (χ1) is 5.29. The average molecular weight is 158 g/mol. The van der Waals surface area contributed by atoms with Crippen LogP contribution in [0, 0.1) is 11.8 Å². The third kappa shape index (κ3) is 1.94. The highest BCUT2D eigenvalue weighted by atomic mass is 16.5. The molecular formula is C9H18O2. The minimum atomic E-state index is 0.290. The molecule has 0 aromatic rings. The smallest absolute Gasteiger partial charge is 0.0672 e. The fraction of sp³-hybridized carbons (Fsp3) is 1.00. The van der Waals surface area contributed by atoms with Crippen molar-refractivity contribution in [2.24, 2.45) is 11.8 Å². The maximum atomic E-state index is 8.89. The molecule has 1 rings (SSSR count). The predicted molar refractivity (Wildman–Crippen MR) is 44.4 cm³/mol. The van der Waals surface area contributed by atoms with E-state index in [0.717, 1.165) is 6.61 Å². The van der Waals surface area contributed by atoms with E-state index < -0.39 is 0 Å². The Morgan fingerprint density at radius 2 is 2.36 bits per heavy atom. The number of ether oxygens (including phenoxy) is 1. The Morgan fingerprint density at radius 3 is 2.73 bits per heavy atom. The van der Waals surface area contributed by atoms with Crippen LogP contribution in [0.3, 0.4) is 0 Å². The van der Waals surface area contributed by atoms with Gasteiger partial charge in [0.25, 0.3) is 0 Å². The van der Waals surface area contributed by atoms with Gasteiger partial charge in [-0.15, -0.1) is 0 Å². The van der Waals surface area contributed by atoms with E-state index in [2.05, 4.69) is 13.8 Å². The molecule has 0 aromatic carbocycles. The fourth-order valence-electron chi connectivity index (χ4n) is 1.75. The van der Waals surface area contributed by atoms with Crippen molar-refractivity contribution in [3.8, 4) is 0 Å². The van der Waals surface area contributed by atoms with Gasteiger partial charge in [-0.3, -0.25) is 0 Å². The minimum absolute atomic E-state index is 0.290. The molecule has 1 aliphatic heterocycles. The largest absolute Gasteiger partial charge is 0.396 e. The highest BCUT2D eigenvalue weighted by Crippen LogP contribution is 2.28. The Balaban J connectivity index is 2.24. The quantitative estimate of drug-likeness (QED) is 0.670. The van der Waals surface area contributed by atoms with Crippen LogP contribution in [0.5, 0.6) is 0 Å². The Morgan fingerprint density at radius 1 is 1.64 bits per heavy atom. The minimum Gasteiger partial charge on any atom is -0.396 e.